The van der Waals surface area contributed by atoms with Crippen molar-refractivity contribution in [2.45, 2.75) is 6.10 Å². The zero-order chi connectivity index (χ0) is 23.3. The summed E-state index contributed by atoms with van der Waals surface area (Å²) in [4.78, 5) is 23.9. The number of aliphatic hydroxyl groups excluding tert-OH is 1. The molecule has 0 bridgehead atoms. The second kappa shape index (κ2) is 12.8. The van der Waals surface area contributed by atoms with E-state index in [1.54, 1.807) is 61.7 Å². The fourth-order valence-electron chi connectivity index (χ4n) is 2.55. The summed E-state index contributed by atoms with van der Waals surface area (Å²) >= 11 is 0. The fraction of sp³-hybridized carbons (Fsp3) is 0.250. The van der Waals surface area contributed by atoms with Crippen molar-refractivity contribution in [2.75, 3.05) is 34.5 Å². The third-order valence-corrected chi connectivity index (χ3v) is 4.25. The molecule has 0 aromatic heterocycles. The number of esters is 2. The minimum Gasteiger partial charge on any atom is -0.497 e. The molecule has 170 valence electrons. The van der Waals surface area contributed by atoms with Crippen molar-refractivity contribution in [1.29, 1.82) is 0 Å². The molecule has 1 unspecified atom stereocenters. The van der Waals surface area contributed by atoms with Crippen molar-refractivity contribution < 1.29 is 38.4 Å². The smallest absolute Gasteiger partial charge is 0.331 e. The second-order valence-electron chi connectivity index (χ2n) is 6.43. The Hall–Kier alpha value is -3.78. The fourth-order valence-corrected chi connectivity index (χ4v) is 2.55. The number of methoxy groups -OCH3 is 3. The lowest BCUT2D eigenvalue weighted by molar-refractivity contribution is -0.154. The number of carbonyl (C=O) groups excluding carboxylic acids is 2. The molecule has 0 spiro atoms. The Morgan fingerprint density at radius 1 is 0.844 bits per heavy atom. The lowest BCUT2D eigenvalue weighted by atomic mass is 10.2. The molecule has 0 aliphatic heterocycles. The standard InChI is InChI=1S/C24H26O8/c1-28-19-9-4-17(5-10-19)7-13-24(27)32-20(15-25)16-31-23(26)12-8-18-6-11-21(29-2)22(14-18)30-3/h4-14,20,25H,15-16H2,1-3H3. The van der Waals surface area contributed by atoms with Crippen LogP contribution in [0.3, 0.4) is 0 Å². The molecule has 2 aromatic carbocycles. The molecule has 0 radical (unpaired) electrons. The van der Waals surface area contributed by atoms with Gasteiger partial charge in [-0.1, -0.05) is 18.2 Å². The van der Waals surface area contributed by atoms with Gasteiger partial charge in [-0.2, -0.15) is 0 Å². The lowest BCUT2D eigenvalue weighted by Crippen LogP contribution is -2.27. The van der Waals surface area contributed by atoms with Gasteiger partial charge in [-0.25, -0.2) is 9.59 Å². The summed E-state index contributed by atoms with van der Waals surface area (Å²) < 4.78 is 25.6. The second-order valence-corrected chi connectivity index (χ2v) is 6.43. The number of ether oxygens (including phenoxy) is 5. The molecular formula is C24H26O8. The Balaban J connectivity index is 1.84. The normalized spacial score (nSPS) is 11.9. The lowest BCUT2D eigenvalue weighted by Gasteiger charge is -2.13. The molecular weight excluding hydrogens is 416 g/mol. The average molecular weight is 442 g/mol. The van der Waals surface area contributed by atoms with Gasteiger partial charge in [0, 0.05) is 12.2 Å². The van der Waals surface area contributed by atoms with E-state index >= 15 is 0 Å². The molecule has 0 aliphatic rings. The quantitative estimate of drug-likeness (QED) is 0.419. The van der Waals surface area contributed by atoms with Gasteiger partial charge < -0.3 is 28.8 Å². The van der Waals surface area contributed by atoms with Crippen molar-refractivity contribution in [1.82, 2.24) is 0 Å². The highest BCUT2D eigenvalue weighted by atomic mass is 16.6. The highest BCUT2D eigenvalue weighted by Gasteiger charge is 2.14. The molecule has 0 heterocycles. The summed E-state index contributed by atoms with van der Waals surface area (Å²) in [6.07, 6.45) is 4.57. The Morgan fingerprint density at radius 3 is 2.09 bits per heavy atom. The van der Waals surface area contributed by atoms with E-state index in [4.69, 9.17) is 23.7 Å². The van der Waals surface area contributed by atoms with Crippen LogP contribution in [0.1, 0.15) is 11.1 Å². The maximum Gasteiger partial charge on any atom is 0.331 e. The molecule has 1 atom stereocenters. The monoisotopic (exact) mass is 442 g/mol. The molecule has 32 heavy (non-hydrogen) atoms. The third-order valence-electron chi connectivity index (χ3n) is 4.25. The van der Waals surface area contributed by atoms with Crippen LogP contribution in [-0.2, 0) is 19.1 Å². The molecule has 0 fully saturated rings. The number of carbonyl (C=O) groups is 2. The van der Waals surface area contributed by atoms with Gasteiger partial charge in [-0.15, -0.1) is 0 Å². The predicted octanol–water partition coefficient (Wildman–Crippen LogP) is 2.89. The van der Waals surface area contributed by atoms with E-state index in [0.29, 0.717) is 22.8 Å². The Kier molecular flexibility index (Phi) is 9.80. The number of benzene rings is 2. The summed E-state index contributed by atoms with van der Waals surface area (Å²) in [5.41, 5.74) is 1.48. The van der Waals surface area contributed by atoms with Crippen LogP contribution in [0.5, 0.6) is 17.2 Å². The molecule has 0 aliphatic carbocycles. The van der Waals surface area contributed by atoms with Gasteiger partial charge >= 0.3 is 11.9 Å². The first-order valence-corrected chi connectivity index (χ1v) is 9.69. The summed E-state index contributed by atoms with van der Waals surface area (Å²) in [5, 5.41) is 9.40. The molecule has 0 saturated heterocycles. The van der Waals surface area contributed by atoms with Gasteiger partial charge in [0.1, 0.15) is 12.4 Å². The van der Waals surface area contributed by atoms with Crippen LogP contribution >= 0.6 is 0 Å². The molecule has 8 nitrogen and oxygen atoms in total. The van der Waals surface area contributed by atoms with Gasteiger partial charge in [-0.3, -0.25) is 0 Å². The Labute approximate surface area is 186 Å². The molecule has 2 rings (SSSR count). The molecule has 1 N–H and O–H groups in total. The van der Waals surface area contributed by atoms with Crippen LogP contribution < -0.4 is 14.2 Å². The van der Waals surface area contributed by atoms with Gasteiger partial charge in [0.15, 0.2) is 17.6 Å². The highest BCUT2D eigenvalue weighted by molar-refractivity contribution is 5.88. The number of aliphatic hydroxyl groups is 1. The summed E-state index contributed by atoms with van der Waals surface area (Å²) in [5.74, 6) is 0.478. The average Bonchev–Trinajstić information content (AvgIpc) is 2.83. The number of hydrogen-bond acceptors (Lipinski definition) is 8. The van der Waals surface area contributed by atoms with E-state index in [9.17, 15) is 14.7 Å². The largest absolute Gasteiger partial charge is 0.497 e. The van der Waals surface area contributed by atoms with E-state index in [0.717, 1.165) is 5.56 Å². The first-order valence-electron chi connectivity index (χ1n) is 9.69. The van der Waals surface area contributed by atoms with E-state index in [1.807, 2.05) is 0 Å². The van der Waals surface area contributed by atoms with Gasteiger partial charge in [-0.05, 0) is 47.5 Å². The number of rotatable bonds is 11. The Morgan fingerprint density at radius 2 is 1.47 bits per heavy atom. The summed E-state index contributed by atoms with van der Waals surface area (Å²) in [7, 11) is 4.61. The minimum atomic E-state index is -0.985. The molecule has 0 saturated carbocycles. The third kappa shape index (κ3) is 7.81. The van der Waals surface area contributed by atoms with Crippen LogP contribution in [0.25, 0.3) is 12.2 Å². The van der Waals surface area contributed by atoms with Crippen molar-refractivity contribution in [2.24, 2.45) is 0 Å². The van der Waals surface area contributed by atoms with E-state index in [-0.39, 0.29) is 6.61 Å². The van der Waals surface area contributed by atoms with Crippen LogP contribution in [0.2, 0.25) is 0 Å². The van der Waals surface area contributed by atoms with E-state index in [1.165, 1.54) is 26.4 Å². The number of hydrogen-bond donors (Lipinski definition) is 1. The van der Waals surface area contributed by atoms with Crippen LogP contribution in [0.4, 0.5) is 0 Å². The van der Waals surface area contributed by atoms with Crippen molar-refractivity contribution in [3.63, 3.8) is 0 Å². The summed E-state index contributed by atoms with van der Waals surface area (Å²) in [6.45, 7) is -0.775. The van der Waals surface area contributed by atoms with Gasteiger partial charge in [0.05, 0.1) is 27.9 Å². The van der Waals surface area contributed by atoms with Crippen molar-refractivity contribution in [3.05, 3.63) is 65.7 Å². The minimum absolute atomic E-state index is 0.284. The molecule has 8 heteroatoms. The zero-order valence-electron chi connectivity index (χ0n) is 18.1. The molecule has 0 amide bonds. The van der Waals surface area contributed by atoms with Crippen molar-refractivity contribution in [3.8, 4) is 17.2 Å². The van der Waals surface area contributed by atoms with Crippen molar-refractivity contribution >= 4 is 24.1 Å². The summed E-state index contributed by atoms with van der Waals surface area (Å²) in [6, 6.07) is 12.2. The molecule has 2 aromatic rings. The van der Waals surface area contributed by atoms with E-state index in [2.05, 4.69) is 0 Å². The van der Waals surface area contributed by atoms with Gasteiger partial charge in [0.25, 0.3) is 0 Å². The van der Waals surface area contributed by atoms with Crippen LogP contribution in [0.15, 0.2) is 54.6 Å². The maximum absolute atomic E-state index is 12.0. The zero-order valence-corrected chi connectivity index (χ0v) is 18.1. The van der Waals surface area contributed by atoms with Crippen LogP contribution in [0, 0.1) is 0 Å². The highest BCUT2D eigenvalue weighted by Crippen LogP contribution is 2.27. The maximum atomic E-state index is 12.0. The van der Waals surface area contributed by atoms with Gasteiger partial charge in [0.2, 0.25) is 0 Å². The predicted molar refractivity (Wildman–Crippen MR) is 119 cm³/mol. The topological polar surface area (TPSA) is 101 Å². The first kappa shape index (κ1) is 24.5. The van der Waals surface area contributed by atoms with Crippen LogP contribution in [-0.4, -0.2) is 57.7 Å². The van der Waals surface area contributed by atoms with E-state index < -0.39 is 24.6 Å². The first-order chi connectivity index (χ1) is 15.5. The SMILES string of the molecule is COc1ccc(C=CC(=O)OC(CO)COC(=O)C=Cc2ccc(OC)c(OC)c2)cc1. The Bertz CT molecular complexity index is 947.